The lowest BCUT2D eigenvalue weighted by Gasteiger charge is -2.10. The second kappa shape index (κ2) is 9.15. The lowest BCUT2D eigenvalue weighted by molar-refractivity contribution is 0.0813. The highest BCUT2D eigenvalue weighted by molar-refractivity contribution is 6.02. The SMILES string of the molecule is COc1cc(CNC(=O)c2cc(C3=NOC(c4n[nH]c(=O)cc4C)C3)nc(C)n2)ccc1F. The third-order valence-corrected chi connectivity index (χ3v) is 5.05. The van der Waals surface area contributed by atoms with Gasteiger partial charge in [-0.2, -0.15) is 5.10 Å². The number of H-pyrrole nitrogens is 1. The Bertz CT molecular complexity index is 1310. The molecule has 1 amide bonds. The van der Waals surface area contributed by atoms with Crippen molar-refractivity contribution < 1.29 is 18.8 Å². The fraction of sp³-hybridized carbons (Fsp3) is 0.273. The van der Waals surface area contributed by atoms with Crippen molar-refractivity contribution in [3.63, 3.8) is 0 Å². The van der Waals surface area contributed by atoms with Crippen molar-refractivity contribution in [2.75, 3.05) is 7.11 Å². The van der Waals surface area contributed by atoms with Crippen LogP contribution in [0.3, 0.4) is 0 Å². The van der Waals surface area contributed by atoms with E-state index in [0.717, 1.165) is 0 Å². The van der Waals surface area contributed by atoms with Crippen LogP contribution in [0.4, 0.5) is 4.39 Å². The van der Waals surface area contributed by atoms with E-state index in [4.69, 9.17) is 9.57 Å². The topological polar surface area (TPSA) is 131 Å². The van der Waals surface area contributed by atoms with E-state index in [0.29, 0.717) is 40.5 Å². The van der Waals surface area contributed by atoms with Crippen LogP contribution in [0.25, 0.3) is 0 Å². The number of methoxy groups -OCH3 is 1. The third kappa shape index (κ3) is 4.86. The first-order chi connectivity index (χ1) is 15.8. The molecule has 1 aliphatic heterocycles. The molecular weight excluding hydrogens is 431 g/mol. The van der Waals surface area contributed by atoms with Gasteiger partial charge in [0.1, 0.15) is 22.9 Å². The number of aryl methyl sites for hydroxylation is 2. The number of hydrogen-bond acceptors (Lipinski definition) is 8. The maximum absolute atomic E-state index is 13.6. The van der Waals surface area contributed by atoms with Crippen molar-refractivity contribution in [2.24, 2.45) is 5.16 Å². The zero-order valence-electron chi connectivity index (χ0n) is 18.2. The van der Waals surface area contributed by atoms with Gasteiger partial charge in [0.05, 0.1) is 12.8 Å². The quantitative estimate of drug-likeness (QED) is 0.586. The molecule has 1 unspecified atom stereocenters. The van der Waals surface area contributed by atoms with Gasteiger partial charge in [0.25, 0.3) is 11.5 Å². The summed E-state index contributed by atoms with van der Waals surface area (Å²) in [6.07, 6.45) is -0.106. The van der Waals surface area contributed by atoms with E-state index < -0.39 is 17.8 Å². The van der Waals surface area contributed by atoms with Crippen molar-refractivity contribution in [3.8, 4) is 5.75 Å². The molecule has 0 bridgehead atoms. The number of oxime groups is 1. The van der Waals surface area contributed by atoms with E-state index in [1.165, 1.54) is 31.4 Å². The number of aromatic amines is 1. The van der Waals surface area contributed by atoms with Crippen molar-refractivity contribution in [3.05, 3.63) is 80.5 Å². The van der Waals surface area contributed by atoms with Gasteiger partial charge in [-0.25, -0.2) is 19.5 Å². The summed E-state index contributed by atoms with van der Waals surface area (Å²) in [7, 11) is 1.38. The fourth-order valence-electron chi connectivity index (χ4n) is 3.43. The van der Waals surface area contributed by atoms with Crippen LogP contribution in [0.2, 0.25) is 0 Å². The largest absolute Gasteiger partial charge is 0.494 e. The number of amides is 1. The minimum atomic E-state index is -0.478. The first kappa shape index (κ1) is 22.1. The van der Waals surface area contributed by atoms with Crippen LogP contribution < -0.4 is 15.6 Å². The van der Waals surface area contributed by atoms with Crippen molar-refractivity contribution in [1.82, 2.24) is 25.5 Å². The van der Waals surface area contributed by atoms with E-state index >= 15 is 0 Å². The fourth-order valence-corrected chi connectivity index (χ4v) is 3.43. The summed E-state index contributed by atoms with van der Waals surface area (Å²) in [4.78, 5) is 38.2. The molecule has 1 atom stereocenters. The number of ether oxygens (including phenoxy) is 1. The Kier molecular flexibility index (Phi) is 6.11. The van der Waals surface area contributed by atoms with Gasteiger partial charge in [-0.15, -0.1) is 0 Å². The molecule has 2 aromatic heterocycles. The second-order valence-electron chi connectivity index (χ2n) is 7.47. The highest BCUT2D eigenvalue weighted by Crippen LogP contribution is 2.29. The number of nitrogens with one attached hydrogen (secondary N) is 2. The van der Waals surface area contributed by atoms with Crippen LogP contribution in [0, 0.1) is 19.7 Å². The lowest BCUT2D eigenvalue weighted by atomic mass is 10.0. The number of hydrogen-bond donors (Lipinski definition) is 2. The Hall–Kier alpha value is -4.15. The number of benzene rings is 1. The molecule has 0 saturated heterocycles. The molecule has 1 aromatic carbocycles. The zero-order chi connectivity index (χ0) is 23.5. The van der Waals surface area contributed by atoms with Crippen molar-refractivity contribution in [2.45, 2.75) is 32.9 Å². The standard InChI is InChI=1S/C22H21FN6O4/c1-11-6-20(30)27-28-21(11)19-9-16(29-33-19)15-8-17(26-12(2)25-15)22(31)24-10-13-4-5-14(23)18(7-13)32-3/h4-8,19H,9-10H2,1-3H3,(H,24,31)(H,27,30). The van der Waals surface area contributed by atoms with Crippen LogP contribution in [-0.4, -0.2) is 38.9 Å². The predicted molar refractivity (Wildman–Crippen MR) is 115 cm³/mol. The van der Waals surface area contributed by atoms with E-state index in [1.807, 2.05) is 0 Å². The Morgan fingerprint density at radius 2 is 2.09 bits per heavy atom. The summed E-state index contributed by atoms with van der Waals surface area (Å²) in [5.74, 6) is -0.401. The van der Waals surface area contributed by atoms with Crippen LogP contribution in [0.1, 0.15) is 51.4 Å². The van der Waals surface area contributed by atoms with Gasteiger partial charge in [0.15, 0.2) is 17.7 Å². The molecule has 4 rings (SSSR count). The first-order valence-electron chi connectivity index (χ1n) is 10.1. The zero-order valence-corrected chi connectivity index (χ0v) is 18.2. The van der Waals surface area contributed by atoms with Gasteiger partial charge < -0.3 is 14.9 Å². The van der Waals surface area contributed by atoms with Crippen LogP contribution in [0.5, 0.6) is 5.75 Å². The van der Waals surface area contributed by atoms with Crippen LogP contribution in [0.15, 0.2) is 40.3 Å². The number of rotatable bonds is 6. The van der Waals surface area contributed by atoms with Crippen molar-refractivity contribution in [1.29, 1.82) is 0 Å². The summed E-state index contributed by atoms with van der Waals surface area (Å²) < 4.78 is 18.5. The van der Waals surface area contributed by atoms with E-state index in [1.54, 1.807) is 19.9 Å². The maximum Gasteiger partial charge on any atom is 0.270 e. The third-order valence-electron chi connectivity index (χ3n) is 5.05. The van der Waals surface area contributed by atoms with E-state index in [9.17, 15) is 14.0 Å². The molecule has 3 aromatic rings. The molecule has 0 radical (unpaired) electrons. The second-order valence-corrected chi connectivity index (χ2v) is 7.47. The average molecular weight is 452 g/mol. The first-order valence-corrected chi connectivity index (χ1v) is 10.1. The molecule has 11 heteroatoms. The summed E-state index contributed by atoms with van der Waals surface area (Å²) in [6, 6.07) is 7.33. The summed E-state index contributed by atoms with van der Waals surface area (Å²) >= 11 is 0. The Morgan fingerprint density at radius 1 is 1.27 bits per heavy atom. The Labute approximate surface area is 187 Å². The number of carbonyl (C=O) groups excluding carboxylic acids is 1. The minimum Gasteiger partial charge on any atom is -0.494 e. The maximum atomic E-state index is 13.6. The minimum absolute atomic E-state index is 0.0999. The predicted octanol–water partition coefficient (Wildman–Crippen LogP) is 2.12. The molecule has 0 spiro atoms. The number of nitrogens with zero attached hydrogens (tertiary/aromatic N) is 4. The van der Waals surface area contributed by atoms with Crippen LogP contribution in [-0.2, 0) is 11.4 Å². The molecule has 170 valence electrons. The number of halogens is 1. The molecule has 10 nitrogen and oxygen atoms in total. The summed E-state index contributed by atoms with van der Waals surface area (Å²) in [6.45, 7) is 3.61. The van der Waals surface area contributed by atoms with Gasteiger partial charge in [0, 0.05) is 19.0 Å². The van der Waals surface area contributed by atoms with Crippen molar-refractivity contribution >= 4 is 11.6 Å². The molecule has 2 N–H and O–H groups in total. The van der Waals surface area contributed by atoms with Gasteiger partial charge in [-0.1, -0.05) is 11.2 Å². The highest BCUT2D eigenvalue weighted by atomic mass is 19.1. The molecule has 33 heavy (non-hydrogen) atoms. The van der Waals surface area contributed by atoms with E-state index in [-0.39, 0.29) is 23.5 Å². The Balaban J connectivity index is 1.47. The van der Waals surface area contributed by atoms with Crippen LogP contribution >= 0.6 is 0 Å². The number of carbonyl (C=O) groups is 1. The smallest absolute Gasteiger partial charge is 0.270 e. The van der Waals surface area contributed by atoms with Gasteiger partial charge in [0.2, 0.25) is 0 Å². The normalized spacial score (nSPS) is 15.0. The van der Waals surface area contributed by atoms with Gasteiger partial charge >= 0.3 is 0 Å². The average Bonchev–Trinajstić information content (AvgIpc) is 3.28. The molecule has 3 heterocycles. The van der Waals surface area contributed by atoms with Gasteiger partial charge in [-0.05, 0) is 43.2 Å². The van der Waals surface area contributed by atoms with E-state index in [2.05, 4.69) is 30.6 Å². The Morgan fingerprint density at radius 3 is 2.85 bits per heavy atom. The molecule has 0 fully saturated rings. The lowest BCUT2D eigenvalue weighted by Crippen LogP contribution is -2.25. The highest BCUT2D eigenvalue weighted by Gasteiger charge is 2.28. The van der Waals surface area contributed by atoms with Gasteiger partial charge in [-0.3, -0.25) is 9.59 Å². The number of aromatic nitrogens is 4. The monoisotopic (exact) mass is 452 g/mol. The molecule has 0 aliphatic carbocycles. The molecule has 0 saturated carbocycles. The summed E-state index contributed by atoms with van der Waals surface area (Å²) in [5.41, 5.74) is 2.81. The molecule has 1 aliphatic rings. The summed E-state index contributed by atoms with van der Waals surface area (Å²) in [5, 5.41) is 13.3. The molecular formula is C22H21FN6O4.